The SMILES string of the molecule is Nc1nccnc1[C@H]1CN(C(=O)CN2CCN(CCO)CC2)CCO1. The number of carbonyl (C=O) groups excluding carboxylic acids is 1. The Morgan fingerprint density at radius 3 is 2.64 bits per heavy atom. The molecule has 1 aromatic heterocycles. The Kier molecular flexibility index (Phi) is 6.14. The van der Waals surface area contributed by atoms with Gasteiger partial charge in [0.05, 0.1) is 26.3 Å². The van der Waals surface area contributed by atoms with Gasteiger partial charge in [0.15, 0.2) is 0 Å². The van der Waals surface area contributed by atoms with Crippen molar-refractivity contribution in [3.63, 3.8) is 0 Å². The summed E-state index contributed by atoms with van der Waals surface area (Å²) in [6.45, 7) is 6.25. The lowest BCUT2D eigenvalue weighted by Gasteiger charge is -2.37. The van der Waals surface area contributed by atoms with E-state index in [9.17, 15) is 4.79 Å². The Hall–Kier alpha value is -1.81. The van der Waals surface area contributed by atoms with Gasteiger partial charge in [-0.3, -0.25) is 19.6 Å². The fourth-order valence-corrected chi connectivity index (χ4v) is 3.25. The highest BCUT2D eigenvalue weighted by Gasteiger charge is 2.29. The molecule has 3 N–H and O–H groups in total. The second-order valence-corrected chi connectivity index (χ2v) is 6.37. The number of rotatable bonds is 5. The number of nitrogens with two attached hydrogens (primary N) is 1. The van der Waals surface area contributed by atoms with Crippen LogP contribution in [0.15, 0.2) is 12.4 Å². The number of amides is 1. The molecule has 9 heteroatoms. The highest BCUT2D eigenvalue weighted by atomic mass is 16.5. The number of aliphatic hydroxyl groups is 1. The van der Waals surface area contributed by atoms with Gasteiger partial charge in [-0.25, -0.2) is 4.98 Å². The molecule has 0 spiro atoms. The molecule has 0 aromatic carbocycles. The van der Waals surface area contributed by atoms with Gasteiger partial charge in [-0.15, -0.1) is 0 Å². The van der Waals surface area contributed by atoms with Gasteiger partial charge in [-0.05, 0) is 0 Å². The van der Waals surface area contributed by atoms with E-state index in [0.717, 1.165) is 26.2 Å². The Labute approximate surface area is 147 Å². The van der Waals surface area contributed by atoms with Gasteiger partial charge >= 0.3 is 0 Å². The third kappa shape index (κ3) is 4.63. The number of carbonyl (C=O) groups is 1. The monoisotopic (exact) mass is 350 g/mol. The number of aliphatic hydroxyl groups excluding tert-OH is 1. The van der Waals surface area contributed by atoms with Crippen LogP contribution in [0.3, 0.4) is 0 Å². The minimum Gasteiger partial charge on any atom is -0.395 e. The van der Waals surface area contributed by atoms with Crippen molar-refractivity contribution in [2.75, 3.05) is 71.3 Å². The van der Waals surface area contributed by atoms with E-state index in [-0.39, 0.29) is 18.6 Å². The highest BCUT2D eigenvalue weighted by Crippen LogP contribution is 2.23. The summed E-state index contributed by atoms with van der Waals surface area (Å²) >= 11 is 0. The number of ether oxygens (including phenoxy) is 1. The zero-order valence-corrected chi connectivity index (χ0v) is 14.4. The summed E-state index contributed by atoms with van der Waals surface area (Å²) in [5, 5.41) is 8.99. The topological polar surface area (TPSA) is 108 Å². The molecule has 0 aliphatic carbocycles. The highest BCUT2D eigenvalue weighted by molar-refractivity contribution is 5.78. The molecule has 0 unspecified atom stereocenters. The summed E-state index contributed by atoms with van der Waals surface area (Å²) in [7, 11) is 0. The molecule has 2 saturated heterocycles. The summed E-state index contributed by atoms with van der Waals surface area (Å²) in [6, 6.07) is 0. The van der Waals surface area contributed by atoms with E-state index in [1.54, 1.807) is 12.4 Å². The zero-order valence-electron chi connectivity index (χ0n) is 14.4. The van der Waals surface area contributed by atoms with Crippen molar-refractivity contribution in [1.29, 1.82) is 0 Å². The molecule has 3 rings (SSSR count). The average Bonchev–Trinajstić information content (AvgIpc) is 2.64. The van der Waals surface area contributed by atoms with Gasteiger partial charge in [-0.2, -0.15) is 0 Å². The molecular weight excluding hydrogens is 324 g/mol. The lowest BCUT2D eigenvalue weighted by atomic mass is 10.2. The summed E-state index contributed by atoms with van der Waals surface area (Å²) in [5.41, 5.74) is 6.47. The van der Waals surface area contributed by atoms with Gasteiger partial charge in [0, 0.05) is 51.7 Å². The lowest BCUT2D eigenvalue weighted by Crippen LogP contribution is -2.52. The number of β-amino-alcohol motifs (C(OH)–C–C–N with tert-alkyl or cyclic N) is 1. The van der Waals surface area contributed by atoms with E-state index in [4.69, 9.17) is 15.6 Å². The number of hydrogen-bond donors (Lipinski definition) is 2. The van der Waals surface area contributed by atoms with Crippen LogP contribution in [0.2, 0.25) is 0 Å². The van der Waals surface area contributed by atoms with E-state index in [1.807, 2.05) is 4.90 Å². The van der Waals surface area contributed by atoms with Gasteiger partial charge < -0.3 is 20.5 Å². The van der Waals surface area contributed by atoms with Crippen LogP contribution in [0.1, 0.15) is 11.8 Å². The molecule has 0 bridgehead atoms. The first-order chi connectivity index (χ1) is 12.2. The largest absolute Gasteiger partial charge is 0.395 e. The maximum Gasteiger partial charge on any atom is 0.236 e. The van der Waals surface area contributed by atoms with E-state index in [2.05, 4.69) is 19.8 Å². The van der Waals surface area contributed by atoms with E-state index in [0.29, 0.717) is 44.3 Å². The lowest BCUT2D eigenvalue weighted by molar-refractivity contribution is -0.140. The van der Waals surface area contributed by atoms with Crippen LogP contribution < -0.4 is 5.73 Å². The number of hydrogen-bond acceptors (Lipinski definition) is 8. The van der Waals surface area contributed by atoms with Crippen molar-refractivity contribution in [3.8, 4) is 0 Å². The maximum absolute atomic E-state index is 12.6. The molecule has 25 heavy (non-hydrogen) atoms. The van der Waals surface area contributed by atoms with Crippen molar-refractivity contribution in [1.82, 2.24) is 24.7 Å². The standard InChI is InChI=1S/C16H26N6O3/c17-16-15(18-1-2-19-16)13-11-22(8-10-25-13)14(24)12-21-5-3-20(4-6-21)7-9-23/h1-2,13,23H,3-12H2,(H2,17,19)/t13-/m1/s1. The molecular formula is C16H26N6O3. The van der Waals surface area contributed by atoms with Crippen molar-refractivity contribution in [3.05, 3.63) is 18.1 Å². The van der Waals surface area contributed by atoms with Gasteiger partial charge in [0.1, 0.15) is 17.6 Å². The molecule has 0 radical (unpaired) electrons. The first kappa shape index (κ1) is 18.0. The number of aromatic nitrogens is 2. The van der Waals surface area contributed by atoms with Gasteiger partial charge in [-0.1, -0.05) is 0 Å². The predicted molar refractivity (Wildman–Crippen MR) is 91.7 cm³/mol. The Bertz CT molecular complexity index is 579. The molecule has 1 atom stereocenters. The molecule has 1 amide bonds. The predicted octanol–water partition coefficient (Wildman–Crippen LogP) is -1.43. The van der Waals surface area contributed by atoms with Crippen molar-refractivity contribution >= 4 is 11.7 Å². The number of nitrogen functional groups attached to an aromatic ring is 1. The molecule has 2 aliphatic heterocycles. The van der Waals surface area contributed by atoms with E-state index in [1.165, 1.54) is 0 Å². The Morgan fingerprint density at radius 2 is 1.92 bits per heavy atom. The molecule has 0 saturated carbocycles. The first-order valence-corrected chi connectivity index (χ1v) is 8.68. The molecule has 1 aromatic rings. The van der Waals surface area contributed by atoms with Crippen molar-refractivity contribution < 1.29 is 14.6 Å². The Morgan fingerprint density at radius 1 is 1.20 bits per heavy atom. The average molecular weight is 350 g/mol. The fraction of sp³-hybridized carbons (Fsp3) is 0.688. The zero-order chi connectivity index (χ0) is 17.6. The van der Waals surface area contributed by atoms with E-state index >= 15 is 0 Å². The molecule has 3 heterocycles. The molecule has 9 nitrogen and oxygen atoms in total. The van der Waals surface area contributed by atoms with Gasteiger partial charge in [0.25, 0.3) is 0 Å². The summed E-state index contributed by atoms with van der Waals surface area (Å²) in [5.74, 6) is 0.452. The fourth-order valence-electron chi connectivity index (χ4n) is 3.25. The third-order valence-electron chi connectivity index (χ3n) is 4.72. The minimum atomic E-state index is -0.326. The second-order valence-electron chi connectivity index (χ2n) is 6.37. The summed E-state index contributed by atoms with van der Waals surface area (Å²) in [6.07, 6.45) is 2.80. The molecule has 2 fully saturated rings. The van der Waals surface area contributed by atoms with Crippen LogP contribution in [-0.4, -0.2) is 101 Å². The maximum atomic E-state index is 12.6. The molecule has 2 aliphatic rings. The summed E-state index contributed by atoms with van der Waals surface area (Å²) < 4.78 is 5.74. The van der Waals surface area contributed by atoms with Crippen LogP contribution >= 0.6 is 0 Å². The Balaban J connectivity index is 1.52. The van der Waals surface area contributed by atoms with Crippen LogP contribution in [0.25, 0.3) is 0 Å². The van der Waals surface area contributed by atoms with Crippen molar-refractivity contribution in [2.45, 2.75) is 6.10 Å². The summed E-state index contributed by atoms with van der Waals surface area (Å²) in [4.78, 5) is 27.1. The van der Waals surface area contributed by atoms with Crippen LogP contribution in [0.5, 0.6) is 0 Å². The number of anilines is 1. The smallest absolute Gasteiger partial charge is 0.236 e. The van der Waals surface area contributed by atoms with Gasteiger partial charge in [0.2, 0.25) is 5.91 Å². The number of nitrogens with zero attached hydrogens (tertiary/aromatic N) is 5. The quantitative estimate of drug-likeness (QED) is 0.665. The van der Waals surface area contributed by atoms with Crippen molar-refractivity contribution in [2.24, 2.45) is 0 Å². The normalized spacial score (nSPS) is 22.9. The minimum absolute atomic E-state index is 0.103. The third-order valence-corrected chi connectivity index (χ3v) is 4.72. The second kappa shape index (κ2) is 8.52. The van der Waals surface area contributed by atoms with Crippen LogP contribution in [-0.2, 0) is 9.53 Å². The van der Waals surface area contributed by atoms with Crippen LogP contribution in [0, 0.1) is 0 Å². The first-order valence-electron chi connectivity index (χ1n) is 8.68. The number of piperazine rings is 1. The molecule has 138 valence electrons. The van der Waals surface area contributed by atoms with Crippen LogP contribution in [0.4, 0.5) is 5.82 Å². The van der Waals surface area contributed by atoms with E-state index < -0.39 is 0 Å². The number of morpholine rings is 1.